The molecule has 0 unspecified atom stereocenters. The summed E-state index contributed by atoms with van der Waals surface area (Å²) in [7, 11) is 0. The molecular weight excluding hydrogens is 342 g/mol. The number of carbonyl (C=O) groups is 1. The molecule has 7 heteroatoms. The Morgan fingerprint density at radius 2 is 2.11 bits per heavy atom. The molecule has 1 aromatic rings. The van der Waals surface area contributed by atoms with Crippen molar-refractivity contribution in [1.82, 2.24) is 10.3 Å². The molecule has 27 heavy (non-hydrogen) atoms. The maximum Gasteiger partial charge on any atom is 0.293 e. The van der Waals surface area contributed by atoms with Gasteiger partial charge >= 0.3 is 0 Å². The molecule has 0 aromatic carbocycles. The van der Waals surface area contributed by atoms with Gasteiger partial charge in [-0.05, 0) is 56.6 Å². The summed E-state index contributed by atoms with van der Waals surface area (Å²) in [5, 5.41) is 28.8. The third kappa shape index (κ3) is 4.03. The molecule has 1 heterocycles. The number of amides is 1. The van der Waals surface area contributed by atoms with E-state index in [9.17, 15) is 9.90 Å². The first-order valence-corrected chi connectivity index (χ1v) is 9.75. The van der Waals surface area contributed by atoms with E-state index in [0.717, 1.165) is 38.5 Å². The van der Waals surface area contributed by atoms with E-state index in [2.05, 4.69) is 10.3 Å². The number of anilines is 1. The molecule has 2 aliphatic rings. The molecule has 1 aromatic heterocycles. The number of aliphatic hydroxyl groups excluding tert-OH is 1. The molecule has 2 fully saturated rings. The van der Waals surface area contributed by atoms with Crippen molar-refractivity contribution >= 4 is 23.3 Å². The van der Waals surface area contributed by atoms with Gasteiger partial charge in [0.05, 0.1) is 18.0 Å². The third-order valence-electron chi connectivity index (χ3n) is 5.68. The second-order valence-electron chi connectivity index (χ2n) is 7.72. The highest BCUT2D eigenvalue weighted by molar-refractivity contribution is 6.44. The van der Waals surface area contributed by atoms with Gasteiger partial charge in [0.1, 0.15) is 5.84 Å². The molecule has 4 N–H and O–H groups in total. The lowest BCUT2D eigenvalue weighted by atomic mass is 9.99. The fourth-order valence-corrected chi connectivity index (χ4v) is 3.64. The van der Waals surface area contributed by atoms with Crippen LogP contribution in [0.3, 0.4) is 0 Å². The van der Waals surface area contributed by atoms with Gasteiger partial charge in [-0.1, -0.05) is 13.3 Å². The van der Waals surface area contributed by atoms with E-state index in [1.165, 1.54) is 0 Å². The number of hydrogen-bond acceptors (Lipinski definition) is 5. The van der Waals surface area contributed by atoms with Crippen molar-refractivity contribution in [3.8, 4) is 0 Å². The fraction of sp³-hybridized carbons (Fsp3) is 0.600. The minimum atomic E-state index is -0.459. The second kappa shape index (κ2) is 7.76. The lowest BCUT2D eigenvalue weighted by molar-refractivity contribution is -0.112. The smallest absolute Gasteiger partial charge is 0.293 e. The van der Waals surface area contributed by atoms with Crippen LogP contribution in [0.25, 0.3) is 0 Å². The van der Waals surface area contributed by atoms with Gasteiger partial charge in [-0.3, -0.25) is 20.6 Å². The Morgan fingerprint density at radius 3 is 2.67 bits per heavy atom. The first-order chi connectivity index (χ1) is 12.9. The first-order valence-electron chi connectivity index (χ1n) is 9.75. The Hall–Kier alpha value is -2.28. The van der Waals surface area contributed by atoms with Crippen LogP contribution in [0.15, 0.2) is 12.3 Å². The molecule has 3 rings (SSSR count). The Balaban J connectivity index is 1.76. The molecule has 146 valence electrons. The highest BCUT2D eigenvalue weighted by Gasteiger charge is 2.57. The topological polar surface area (TPSA) is 113 Å². The van der Waals surface area contributed by atoms with E-state index < -0.39 is 5.91 Å². The third-order valence-corrected chi connectivity index (χ3v) is 5.68. The van der Waals surface area contributed by atoms with E-state index >= 15 is 0 Å². The highest BCUT2D eigenvalue weighted by Crippen LogP contribution is 2.61. The summed E-state index contributed by atoms with van der Waals surface area (Å²) in [6, 6.07) is 1.75. The molecule has 0 spiro atoms. The van der Waals surface area contributed by atoms with Crippen LogP contribution in [0.2, 0.25) is 0 Å². The number of aromatic nitrogens is 1. The first kappa shape index (κ1) is 19.5. The Kier molecular flexibility index (Phi) is 5.60. The number of rotatable bonds is 7. The standard InChI is InChI=1S/C20H29N5O2/c1-3-4-9-25(16-10-14(12-26)11-23-13(16)2)18(27)17(21)24-19(22)20(7-8-20)15-5-6-15/h10-11,15,26H,3-9,12H2,1-2H3,(H3,21,22,24). The molecule has 0 aliphatic heterocycles. The summed E-state index contributed by atoms with van der Waals surface area (Å²) in [6.07, 6.45) is 7.55. The van der Waals surface area contributed by atoms with Gasteiger partial charge in [0.15, 0.2) is 5.84 Å². The van der Waals surface area contributed by atoms with Gasteiger partial charge in [-0.25, -0.2) is 0 Å². The second-order valence-corrected chi connectivity index (χ2v) is 7.72. The van der Waals surface area contributed by atoms with Crippen LogP contribution in [0, 0.1) is 29.1 Å². The van der Waals surface area contributed by atoms with Crippen molar-refractivity contribution in [2.45, 2.75) is 59.0 Å². The van der Waals surface area contributed by atoms with Crippen molar-refractivity contribution in [2.24, 2.45) is 11.3 Å². The van der Waals surface area contributed by atoms with Crippen LogP contribution in [0.5, 0.6) is 0 Å². The number of unbranched alkanes of at least 4 members (excludes halogenated alkanes) is 1. The molecule has 7 nitrogen and oxygen atoms in total. The molecule has 2 aliphatic carbocycles. The average Bonchev–Trinajstić information content (AvgIpc) is 3.55. The van der Waals surface area contributed by atoms with Gasteiger partial charge in [0.2, 0.25) is 0 Å². The summed E-state index contributed by atoms with van der Waals surface area (Å²) in [6.45, 7) is 4.18. The van der Waals surface area contributed by atoms with E-state index in [0.29, 0.717) is 35.2 Å². The number of nitrogens with zero attached hydrogens (tertiary/aromatic N) is 2. The molecule has 0 saturated heterocycles. The van der Waals surface area contributed by atoms with Gasteiger partial charge in [0, 0.05) is 18.2 Å². The Labute approximate surface area is 160 Å². The zero-order valence-corrected chi connectivity index (χ0v) is 16.1. The molecule has 0 radical (unpaired) electrons. The molecule has 0 atom stereocenters. The van der Waals surface area contributed by atoms with E-state index in [1.54, 1.807) is 17.2 Å². The van der Waals surface area contributed by atoms with Crippen LogP contribution in [-0.4, -0.2) is 34.2 Å². The minimum absolute atomic E-state index is 0.116. The van der Waals surface area contributed by atoms with E-state index in [4.69, 9.17) is 10.8 Å². The van der Waals surface area contributed by atoms with Gasteiger partial charge in [-0.2, -0.15) is 0 Å². The van der Waals surface area contributed by atoms with Crippen molar-refractivity contribution in [1.29, 1.82) is 10.8 Å². The lowest BCUT2D eigenvalue weighted by Gasteiger charge is -2.26. The van der Waals surface area contributed by atoms with Crippen molar-refractivity contribution in [2.75, 3.05) is 11.4 Å². The SMILES string of the molecule is CCCCN(C(=O)C(=N)NC(=N)C1(C2CC2)CC1)c1cc(CO)cnc1C. The number of aryl methyl sites for hydroxylation is 1. The lowest BCUT2D eigenvalue weighted by Crippen LogP contribution is -2.47. The summed E-state index contributed by atoms with van der Waals surface area (Å²) in [5.74, 6) is 0.138. The highest BCUT2D eigenvalue weighted by atomic mass is 16.3. The summed E-state index contributed by atoms with van der Waals surface area (Å²) >= 11 is 0. The van der Waals surface area contributed by atoms with Crippen LogP contribution in [-0.2, 0) is 11.4 Å². The average molecular weight is 371 g/mol. The van der Waals surface area contributed by atoms with Crippen LogP contribution >= 0.6 is 0 Å². The van der Waals surface area contributed by atoms with Gasteiger partial charge in [-0.15, -0.1) is 0 Å². The monoisotopic (exact) mass is 371 g/mol. The fourth-order valence-electron chi connectivity index (χ4n) is 3.64. The zero-order chi connectivity index (χ0) is 19.6. The molecular formula is C20H29N5O2. The number of amidine groups is 2. The van der Waals surface area contributed by atoms with Gasteiger partial charge in [0.25, 0.3) is 5.91 Å². The quantitative estimate of drug-likeness (QED) is 0.436. The zero-order valence-electron chi connectivity index (χ0n) is 16.1. The maximum atomic E-state index is 13.0. The van der Waals surface area contributed by atoms with Crippen molar-refractivity contribution in [3.05, 3.63) is 23.5 Å². The summed E-state index contributed by atoms with van der Waals surface area (Å²) in [5.41, 5.74) is 1.80. The minimum Gasteiger partial charge on any atom is -0.392 e. The number of pyridine rings is 1. The van der Waals surface area contributed by atoms with Crippen LogP contribution in [0.1, 0.15) is 56.7 Å². The number of aliphatic hydroxyl groups is 1. The van der Waals surface area contributed by atoms with Crippen molar-refractivity contribution < 1.29 is 9.90 Å². The molecule has 1 amide bonds. The largest absolute Gasteiger partial charge is 0.392 e. The van der Waals surface area contributed by atoms with E-state index in [-0.39, 0.29) is 17.9 Å². The van der Waals surface area contributed by atoms with E-state index in [1.807, 2.05) is 13.8 Å². The molecule has 0 bridgehead atoms. The number of nitrogens with one attached hydrogen (secondary N) is 3. The summed E-state index contributed by atoms with van der Waals surface area (Å²) in [4.78, 5) is 18.8. The molecule has 2 saturated carbocycles. The van der Waals surface area contributed by atoms with Crippen LogP contribution < -0.4 is 10.2 Å². The van der Waals surface area contributed by atoms with Crippen LogP contribution in [0.4, 0.5) is 5.69 Å². The maximum absolute atomic E-state index is 13.0. The van der Waals surface area contributed by atoms with Crippen molar-refractivity contribution in [3.63, 3.8) is 0 Å². The van der Waals surface area contributed by atoms with Gasteiger partial charge < -0.3 is 15.3 Å². The Morgan fingerprint density at radius 1 is 1.41 bits per heavy atom. The Bertz CT molecular complexity index is 753. The number of carbonyl (C=O) groups excluding carboxylic acids is 1. The number of hydrogen-bond donors (Lipinski definition) is 4. The normalized spacial score (nSPS) is 17.3. The predicted molar refractivity (Wildman–Crippen MR) is 105 cm³/mol. The predicted octanol–water partition coefficient (Wildman–Crippen LogP) is 2.75. The summed E-state index contributed by atoms with van der Waals surface area (Å²) < 4.78 is 0.